The number of nitrogen functional groups attached to an aromatic ring is 1. The first kappa shape index (κ1) is 13.1. The van der Waals surface area contributed by atoms with Crippen molar-refractivity contribution in [2.75, 3.05) is 0 Å². The Kier molecular flexibility index (Phi) is 3.48. The Bertz CT molecular complexity index is 784. The number of fused-ring (bicyclic) bond motifs is 1. The lowest BCUT2D eigenvalue weighted by atomic mass is 10.2. The van der Waals surface area contributed by atoms with Gasteiger partial charge in [-0.2, -0.15) is 0 Å². The molecule has 2 heterocycles. The third-order valence-electron chi connectivity index (χ3n) is 2.87. The second-order valence-electron chi connectivity index (χ2n) is 4.30. The monoisotopic (exact) mass is 284 g/mol. The van der Waals surface area contributed by atoms with E-state index in [0.29, 0.717) is 11.5 Å². The Morgan fingerprint density at radius 1 is 1.33 bits per heavy atom. The van der Waals surface area contributed by atoms with Crippen LogP contribution in [-0.2, 0) is 6.61 Å². The maximum Gasteiger partial charge on any atom is 0.287 e. The summed E-state index contributed by atoms with van der Waals surface area (Å²) in [6.45, 7) is 0.144. The zero-order valence-corrected chi connectivity index (χ0v) is 10.9. The minimum Gasteiger partial charge on any atom is -0.484 e. The van der Waals surface area contributed by atoms with E-state index in [1.165, 1.54) is 6.07 Å². The summed E-state index contributed by atoms with van der Waals surface area (Å²) in [7, 11) is 0. The van der Waals surface area contributed by atoms with Gasteiger partial charge in [0.25, 0.3) is 5.91 Å². The molecule has 0 unspecified atom stereocenters. The Labute approximate surface area is 119 Å². The molecule has 0 aliphatic heterocycles. The normalized spacial score (nSPS) is 10.5. The number of rotatable bonds is 4. The number of hydrogen-bond donors (Lipinski definition) is 2. The summed E-state index contributed by atoms with van der Waals surface area (Å²) >= 11 is 0. The van der Waals surface area contributed by atoms with Crippen molar-refractivity contribution in [3.63, 3.8) is 0 Å². The van der Waals surface area contributed by atoms with Crippen molar-refractivity contribution in [1.29, 1.82) is 0 Å². The SMILES string of the molecule is NNC(=O)c1cc(COc2cnc3ccccc3c2)on1. The molecule has 3 aromatic rings. The van der Waals surface area contributed by atoms with Gasteiger partial charge in [0.1, 0.15) is 12.4 Å². The van der Waals surface area contributed by atoms with Crippen LogP contribution in [0.5, 0.6) is 5.75 Å². The average Bonchev–Trinajstić information content (AvgIpc) is 3.01. The maximum atomic E-state index is 11.2. The van der Waals surface area contributed by atoms with Gasteiger partial charge >= 0.3 is 0 Å². The second kappa shape index (κ2) is 5.59. The van der Waals surface area contributed by atoms with Crippen molar-refractivity contribution in [3.8, 4) is 5.75 Å². The molecule has 0 aliphatic carbocycles. The highest BCUT2D eigenvalue weighted by molar-refractivity contribution is 5.91. The van der Waals surface area contributed by atoms with Crippen molar-refractivity contribution >= 4 is 16.8 Å². The van der Waals surface area contributed by atoms with E-state index in [1.54, 1.807) is 6.20 Å². The molecule has 0 saturated carbocycles. The predicted octanol–water partition coefficient (Wildman–Crippen LogP) is 1.41. The molecule has 106 valence electrons. The summed E-state index contributed by atoms with van der Waals surface area (Å²) in [5, 5.41) is 4.57. The van der Waals surface area contributed by atoms with Gasteiger partial charge in [-0.15, -0.1) is 0 Å². The minimum absolute atomic E-state index is 0.104. The molecule has 0 aliphatic rings. The second-order valence-corrected chi connectivity index (χ2v) is 4.30. The van der Waals surface area contributed by atoms with Crippen LogP contribution in [0, 0.1) is 0 Å². The van der Waals surface area contributed by atoms with E-state index in [4.69, 9.17) is 15.1 Å². The van der Waals surface area contributed by atoms with Crippen molar-refractivity contribution in [1.82, 2.24) is 15.6 Å². The summed E-state index contributed by atoms with van der Waals surface area (Å²) in [6, 6.07) is 11.1. The third-order valence-corrected chi connectivity index (χ3v) is 2.87. The van der Waals surface area contributed by atoms with Gasteiger partial charge in [0, 0.05) is 11.5 Å². The molecular formula is C14H12N4O3. The predicted molar refractivity (Wildman–Crippen MR) is 74.2 cm³/mol. The first-order valence-electron chi connectivity index (χ1n) is 6.20. The molecule has 0 bridgehead atoms. The number of pyridine rings is 1. The van der Waals surface area contributed by atoms with Crippen LogP contribution in [0.25, 0.3) is 10.9 Å². The standard InChI is InChI=1S/C14H12N4O3/c15-17-14(19)13-6-11(21-18-13)8-20-10-5-9-3-1-2-4-12(9)16-7-10/h1-7H,8,15H2,(H,17,19). The fourth-order valence-electron chi connectivity index (χ4n) is 1.85. The third kappa shape index (κ3) is 2.82. The Morgan fingerprint density at radius 3 is 3.05 bits per heavy atom. The number of nitrogens with zero attached hydrogens (tertiary/aromatic N) is 2. The van der Waals surface area contributed by atoms with E-state index in [0.717, 1.165) is 10.9 Å². The van der Waals surface area contributed by atoms with Gasteiger partial charge < -0.3 is 9.26 Å². The Morgan fingerprint density at radius 2 is 2.19 bits per heavy atom. The van der Waals surface area contributed by atoms with Crippen molar-refractivity contribution in [2.24, 2.45) is 5.84 Å². The zero-order chi connectivity index (χ0) is 14.7. The van der Waals surface area contributed by atoms with Crippen LogP contribution in [0.3, 0.4) is 0 Å². The van der Waals surface area contributed by atoms with Crippen molar-refractivity contribution < 1.29 is 14.1 Å². The van der Waals surface area contributed by atoms with E-state index in [2.05, 4.69) is 10.1 Å². The number of carbonyl (C=O) groups is 1. The highest BCUT2D eigenvalue weighted by atomic mass is 16.5. The number of carbonyl (C=O) groups excluding carboxylic acids is 1. The highest BCUT2D eigenvalue weighted by Crippen LogP contribution is 2.19. The number of benzene rings is 1. The molecule has 7 heteroatoms. The van der Waals surface area contributed by atoms with Gasteiger partial charge in [0.05, 0.1) is 11.7 Å². The summed E-state index contributed by atoms with van der Waals surface area (Å²) in [6.07, 6.45) is 1.63. The molecule has 2 aromatic heterocycles. The lowest BCUT2D eigenvalue weighted by Crippen LogP contribution is -2.30. The van der Waals surface area contributed by atoms with Crippen LogP contribution in [0.1, 0.15) is 16.2 Å². The molecule has 0 radical (unpaired) electrons. The summed E-state index contributed by atoms with van der Waals surface area (Å²) in [5.41, 5.74) is 2.98. The van der Waals surface area contributed by atoms with Crippen LogP contribution in [-0.4, -0.2) is 16.0 Å². The molecule has 0 atom stereocenters. The molecule has 0 fully saturated rings. The van der Waals surface area contributed by atoms with Crippen LogP contribution >= 0.6 is 0 Å². The van der Waals surface area contributed by atoms with Crippen LogP contribution in [0.4, 0.5) is 0 Å². The average molecular weight is 284 g/mol. The number of para-hydroxylation sites is 1. The molecule has 0 spiro atoms. The van der Waals surface area contributed by atoms with Crippen molar-refractivity contribution in [2.45, 2.75) is 6.61 Å². The molecule has 21 heavy (non-hydrogen) atoms. The quantitative estimate of drug-likeness (QED) is 0.426. The number of hydrazine groups is 1. The number of nitrogens with one attached hydrogen (secondary N) is 1. The molecule has 1 amide bonds. The largest absolute Gasteiger partial charge is 0.484 e. The number of ether oxygens (including phenoxy) is 1. The molecule has 0 saturated heterocycles. The summed E-state index contributed by atoms with van der Waals surface area (Å²) in [4.78, 5) is 15.5. The molecular weight excluding hydrogens is 272 g/mol. The lowest BCUT2D eigenvalue weighted by molar-refractivity contribution is 0.0944. The van der Waals surface area contributed by atoms with Gasteiger partial charge in [0.2, 0.25) is 0 Å². The van der Waals surface area contributed by atoms with Gasteiger partial charge in [-0.1, -0.05) is 23.4 Å². The maximum absolute atomic E-state index is 11.2. The van der Waals surface area contributed by atoms with E-state index in [-0.39, 0.29) is 12.3 Å². The summed E-state index contributed by atoms with van der Waals surface area (Å²) < 4.78 is 10.6. The van der Waals surface area contributed by atoms with Gasteiger partial charge in [-0.05, 0) is 12.1 Å². The fraction of sp³-hybridized carbons (Fsp3) is 0.0714. The highest BCUT2D eigenvalue weighted by Gasteiger charge is 2.11. The molecule has 3 N–H and O–H groups in total. The van der Waals surface area contributed by atoms with E-state index in [9.17, 15) is 4.79 Å². The Balaban J connectivity index is 1.71. The zero-order valence-electron chi connectivity index (χ0n) is 10.9. The first-order chi connectivity index (χ1) is 10.3. The smallest absolute Gasteiger partial charge is 0.287 e. The van der Waals surface area contributed by atoms with Crippen molar-refractivity contribution in [3.05, 3.63) is 54.0 Å². The van der Waals surface area contributed by atoms with Crippen LogP contribution < -0.4 is 16.0 Å². The first-order valence-corrected chi connectivity index (χ1v) is 6.20. The van der Waals surface area contributed by atoms with Gasteiger partial charge in [0.15, 0.2) is 11.5 Å². The number of amides is 1. The number of nitrogens with two attached hydrogens (primary N) is 1. The molecule has 3 rings (SSSR count). The van der Waals surface area contributed by atoms with Crippen LogP contribution in [0.15, 0.2) is 47.1 Å². The van der Waals surface area contributed by atoms with E-state index in [1.807, 2.05) is 35.8 Å². The molecule has 7 nitrogen and oxygen atoms in total. The van der Waals surface area contributed by atoms with Gasteiger partial charge in [-0.25, -0.2) is 5.84 Å². The van der Waals surface area contributed by atoms with E-state index >= 15 is 0 Å². The number of hydrogen-bond acceptors (Lipinski definition) is 6. The topological polar surface area (TPSA) is 103 Å². The van der Waals surface area contributed by atoms with Gasteiger partial charge in [-0.3, -0.25) is 15.2 Å². The molecule has 1 aromatic carbocycles. The van der Waals surface area contributed by atoms with Crippen LogP contribution in [0.2, 0.25) is 0 Å². The van der Waals surface area contributed by atoms with E-state index < -0.39 is 5.91 Å². The minimum atomic E-state index is -0.516. The lowest BCUT2D eigenvalue weighted by Gasteiger charge is -2.04. The Hall–Kier alpha value is -2.93. The number of aromatic nitrogens is 2. The summed E-state index contributed by atoms with van der Waals surface area (Å²) in [5.74, 6) is 5.52. The fourth-order valence-corrected chi connectivity index (χ4v) is 1.85.